The highest BCUT2D eigenvalue weighted by Crippen LogP contribution is 2.32. The summed E-state index contributed by atoms with van der Waals surface area (Å²) >= 11 is 0.775. The van der Waals surface area contributed by atoms with Crippen LogP contribution in [-0.4, -0.2) is 17.9 Å². The van der Waals surface area contributed by atoms with Gasteiger partial charge in [-0.05, 0) is 47.0 Å². The third-order valence-corrected chi connectivity index (χ3v) is 5.22. The number of carbonyl (C=O) groups is 2. The van der Waals surface area contributed by atoms with Gasteiger partial charge in [0.2, 0.25) is 5.91 Å². The molecular formula is C22H15F4NO2S. The summed E-state index contributed by atoms with van der Waals surface area (Å²) in [4.78, 5) is 23.4. The second kappa shape index (κ2) is 9.04. The number of hydrogen-bond donors (Lipinski definition) is 1. The Bertz CT molecular complexity index is 1070. The van der Waals surface area contributed by atoms with E-state index >= 15 is 0 Å². The van der Waals surface area contributed by atoms with E-state index in [2.05, 4.69) is 5.32 Å². The Kier molecular flexibility index (Phi) is 6.47. The summed E-state index contributed by atoms with van der Waals surface area (Å²) < 4.78 is 50.4. The molecular weight excluding hydrogens is 418 g/mol. The van der Waals surface area contributed by atoms with Crippen LogP contribution in [-0.2, 0) is 11.3 Å². The van der Waals surface area contributed by atoms with E-state index in [1.165, 1.54) is 24.3 Å². The quantitative estimate of drug-likeness (QED) is 0.311. The van der Waals surface area contributed by atoms with Crippen LogP contribution in [0.3, 0.4) is 0 Å². The summed E-state index contributed by atoms with van der Waals surface area (Å²) in [6, 6.07) is 15.2. The Labute approximate surface area is 173 Å². The molecule has 1 amide bonds. The Hall–Kier alpha value is -3.26. The van der Waals surface area contributed by atoms with Gasteiger partial charge in [-0.25, -0.2) is 4.39 Å². The molecule has 8 heteroatoms. The zero-order chi connectivity index (χ0) is 21.7. The molecule has 0 fully saturated rings. The maximum absolute atomic E-state index is 12.9. The number of benzene rings is 2. The molecule has 1 aromatic heterocycles. The maximum Gasteiger partial charge on any atom is 0.455 e. The smallest absolute Gasteiger partial charge is 0.348 e. The number of halogens is 4. The molecule has 3 nitrogen and oxygen atoms in total. The molecule has 30 heavy (non-hydrogen) atoms. The topological polar surface area (TPSA) is 46.2 Å². The van der Waals surface area contributed by atoms with Crippen LogP contribution >= 0.6 is 11.3 Å². The lowest BCUT2D eigenvalue weighted by molar-refractivity contribution is -0.116. The SMILES string of the molecule is O=C(C=Cc1ccc(-c2ccc(C(=O)C(F)(F)F)s2)cc1)NCc1ccc(F)cc1. The minimum atomic E-state index is -4.89. The van der Waals surface area contributed by atoms with Gasteiger partial charge >= 0.3 is 6.18 Å². The van der Waals surface area contributed by atoms with Gasteiger partial charge in [-0.2, -0.15) is 13.2 Å². The van der Waals surface area contributed by atoms with Crippen LogP contribution in [0.1, 0.15) is 20.8 Å². The van der Waals surface area contributed by atoms with Crippen molar-refractivity contribution >= 4 is 29.1 Å². The fourth-order valence-electron chi connectivity index (χ4n) is 2.54. The van der Waals surface area contributed by atoms with Crippen LogP contribution in [0.25, 0.3) is 16.5 Å². The first-order valence-electron chi connectivity index (χ1n) is 8.74. The minimum absolute atomic E-state index is 0.264. The standard InChI is InChI=1S/C22H15F4NO2S/c23-17-8-3-15(4-9-17)13-27-20(28)12-5-14-1-6-16(7-2-14)18-10-11-19(30-18)21(29)22(24,25)26/h1-12H,13H2,(H,27,28). The summed E-state index contributed by atoms with van der Waals surface area (Å²) in [6.07, 6.45) is -1.95. The molecule has 0 radical (unpaired) electrons. The summed E-state index contributed by atoms with van der Waals surface area (Å²) in [5, 5.41) is 2.68. The zero-order valence-electron chi connectivity index (χ0n) is 15.4. The molecule has 3 aromatic rings. The molecule has 0 bridgehead atoms. The summed E-state index contributed by atoms with van der Waals surface area (Å²) in [7, 11) is 0. The number of thiophene rings is 1. The molecule has 2 aromatic carbocycles. The number of carbonyl (C=O) groups excluding carboxylic acids is 2. The molecule has 0 aliphatic carbocycles. The first-order chi connectivity index (χ1) is 14.2. The van der Waals surface area contributed by atoms with Crippen molar-refractivity contribution in [3.05, 3.63) is 88.6 Å². The first-order valence-corrected chi connectivity index (χ1v) is 9.56. The predicted octanol–water partition coefficient (Wildman–Crippen LogP) is 5.63. The van der Waals surface area contributed by atoms with Crippen molar-refractivity contribution in [2.24, 2.45) is 0 Å². The van der Waals surface area contributed by atoms with Crippen molar-refractivity contribution in [3.63, 3.8) is 0 Å². The van der Waals surface area contributed by atoms with Gasteiger partial charge in [0.05, 0.1) is 4.88 Å². The van der Waals surface area contributed by atoms with Gasteiger partial charge in [-0.15, -0.1) is 11.3 Å². The van der Waals surface area contributed by atoms with Crippen molar-refractivity contribution < 1.29 is 27.2 Å². The van der Waals surface area contributed by atoms with Crippen LogP contribution < -0.4 is 5.32 Å². The van der Waals surface area contributed by atoms with Crippen molar-refractivity contribution in [1.82, 2.24) is 5.32 Å². The summed E-state index contributed by atoms with van der Waals surface area (Å²) in [5.41, 5.74) is 2.15. The average molecular weight is 433 g/mol. The lowest BCUT2D eigenvalue weighted by Crippen LogP contribution is -2.21. The summed E-state index contributed by atoms with van der Waals surface area (Å²) in [6.45, 7) is 0.264. The largest absolute Gasteiger partial charge is 0.455 e. The Morgan fingerprint density at radius 1 is 0.933 bits per heavy atom. The van der Waals surface area contributed by atoms with E-state index in [-0.39, 0.29) is 23.1 Å². The van der Waals surface area contributed by atoms with Gasteiger partial charge in [0.1, 0.15) is 5.82 Å². The molecule has 0 saturated heterocycles. The Morgan fingerprint density at radius 3 is 2.23 bits per heavy atom. The summed E-state index contributed by atoms with van der Waals surface area (Å²) in [5.74, 6) is -2.53. The third kappa shape index (κ3) is 5.64. The zero-order valence-corrected chi connectivity index (χ0v) is 16.2. The van der Waals surface area contributed by atoms with Gasteiger partial charge in [0.25, 0.3) is 5.78 Å². The van der Waals surface area contributed by atoms with E-state index in [0.29, 0.717) is 10.4 Å². The number of Topliss-reactive ketones (excluding diaryl/α,β-unsaturated/α-hetero) is 1. The molecule has 0 unspecified atom stereocenters. The van der Waals surface area contributed by atoms with E-state index in [4.69, 9.17) is 0 Å². The molecule has 0 atom stereocenters. The lowest BCUT2D eigenvalue weighted by Gasteiger charge is -2.03. The Morgan fingerprint density at radius 2 is 1.60 bits per heavy atom. The van der Waals surface area contributed by atoms with Crippen molar-refractivity contribution in [2.45, 2.75) is 12.7 Å². The second-order valence-corrected chi connectivity index (χ2v) is 7.37. The fraction of sp³-hybridized carbons (Fsp3) is 0.0909. The van der Waals surface area contributed by atoms with E-state index < -0.39 is 12.0 Å². The number of alkyl halides is 3. The Balaban J connectivity index is 1.59. The number of hydrogen-bond acceptors (Lipinski definition) is 3. The molecule has 1 heterocycles. The van der Waals surface area contributed by atoms with Crippen LogP contribution in [0.2, 0.25) is 0 Å². The van der Waals surface area contributed by atoms with Crippen LogP contribution in [0.15, 0.2) is 66.7 Å². The number of ketones is 1. The van der Waals surface area contributed by atoms with Crippen LogP contribution in [0.5, 0.6) is 0 Å². The molecule has 0 spiro atoms. The fourth-order valence-corrected chi connectivity index (χ4v) is 3.51. The van der Waals surface area contributed by atoms with Crippen LogP contribution in [0, 0.1) is 5.82 Å². The van der Waals surface area contributed by atoms with Crippen LogP contribution in [0.4, 0.5) is 17.6 Å². The van der Waals surface area contributed by atoms with Crippen molar-refractivity contribution in [3.8, 4) is 10.4 Å². The lowest BCUT2D eigenvalue weighted by atomic mass is 10.1. The monoisotopic (exact) mass is 433 g/mol. The molecule has 0 aliphatic rings. The first kappa shape index (κ1) is 21.4. The van der Waals surface area contributed by atoms with Crippen molar-refractivity contribution in [1.29, 1.82) is 0 Å². The van der Waals surface area contributed by atoms with E-state index in [1.807, 2.05) is 0 Å². The van der Waals surface area contributed by atoms with E-state index in [0.717, 1.165) is 28.5 Å². The normalized spacial score (nSPS) is 11.6. The minimum Gasteiger partial charge on any atom is -0.348 e. The molecule has 1 N–H and O–H groups in total. The van der Waals surface area contributed by atoms with Gasteiger partial charge in [-0.3, -0.25) is 9.59 Å². The maximum atomic E-state index is 12.9. The van der Waals surface area contributed by atoms with E-state index in [9.17, 15) is 27.2 Å². The molecule has 0 aliphatic heterocycles. The van der Waals surface area contributed by atoms with Crippen molar-refractivity contribution in [2.75, 3.05) is 0 Å². The average Bonchev–Trinajstić information content (AvgIpc) is 3.21. The van der Waals surface area contributed by atoms with Gasteiger partial charge in [0.15, 0.2) is 0 Å². The highest BCUT2D eigenvalue weighted by atomic mass is 32.1. The van der Waals surface area contributed by atoms with Gasteiger partial charge in [-0.1, -0.05) is 36.4 Å². The number of nitrogens with one attached hydrogen (secondary N) is 1. The number of amides is 1. The number of rotatable bonds is 6. The second-order valence-electron chi connectivity index (χ2n) is 6.29. The molecule has 3 rings (SSSR count). The highest BCUT2D eigenvalue weighted by molar-refractivity contribution is 7.17. The molecule has 154 valence electrons. The van der Waals surface area contributed by atoms with Gasteiger partial charge in [0, 0.05) is 17.5 Å². The predicted molar refractivity (Wildman–Crippen MR) is 107 cm³/mol. The van der Waals surface area contributed by atoms with Gasteiger partial charge < -0.3 is 5.32 Å². The molecule has 0 saturated carbocycles. The highest BCUT2D eigenvalue weighted by Gasteiger charge is 2.40. The third-order valence-electron chi connectivity index (χ3n) is 4.09. The van der Waals surface area contributed by atoms with E-state index in [1.54, 1.807) is 42.5 Å².